The van der Waals surface area contributed by atoms with Gasteiger partial charge in [0.15, 0.2) is 6.10 Å². The average Bonchev–Trinajstić information content (AvgIpc) is 3.09. The second kappa shape index (κ2) is 8.01. The molecule has 0 unspecified atom stereocenters. The van der Waals surface area contributed by atoms with Crippen LogP contribution in [-0.4, -0.2) is 22.2 Å². The molecule has 0 aliphatic rings. The lowest BCUT2D eigenvalue weighted by atomic mass is 10.1. The minimum Gasteiger partial charge on any atom is -0.481 e. The molecule has 0 aliphatic carbocycles. The number of carbonyl (C=O) groups excluding carboxylic acids is 1. The third kappa shape index (κ3) is 4.61. The zero-order chi connectivity index (χ0) is 18.5. The molecule has 0 radical (unpaired) electrons. The summed E-state index contributed by atoms with van der Waals surface area (Å²) in [4.78, 5) is 16.4. The Hall–Kier alpha value is -2.86. The summed E-state index contributed by atoms with van der Waals surface area (Å²) in [6, 6.07) is 14.7. The minimum atomic E-state index is -0.687. The van der Waals surface area contributed by atoms with Crippen LogP contribution in [0.15, 0.2) is 53.1 Å². The fourth-order valence-electron chi connectivity index (χ4n) is 2.25. The maximum atomic E-state index is 12.2. The Bertz CT molecular complexity index is 893. The van der Waals surface area contributed by atoms with E-state index < -0.39 is 6.10 Å². The fraction of sp³-hybridized carbons (Fsp3) is 0.211. The van der Waals surface area contributed by atoms with Crippen LogP contribution in [0.3, 0.4) is 0 Å². The summed E-state index contributed by atoms with van der Waals surface area (Å²) in [5, 5.41) is 7.19. The summed E-state index contributed by atoms with van der Waals surface area (Å²) in [7, 11) is 0. The summed E-state index contributed by atoms with van der Waals surface area (Å²) < 4.78 is 10.7. The summed E-state index contributed by atoms with van der Waals surface area (Å²) in [5.41, 5.74) is 2.01. The van der Waals surface area contributed by atoms with Crippen molar-refractivity contribution in [1.82, 2.24) is 15.5 Å². The third-order valence-corrected chi connectivity index (χ3v) is 3.90. The number of aromatic nitrogens is 2. The normalized spacial score (nSPS) is 11.8. The van der Waals surface area contributed by atoms with Crippen molar-refractivity contribution in [2.24, 2.45) is 0 Å². The smallest absolute Gasteiger partial charge is 0.261 e. The van der Waals surface area contributed by atoms with Gasteiger partial charge >= 0.3 is 0 Å². The summed E-state index contributed by atoms with van der Waals surface area (Å²) in [6.45, 7) is 3.79. The van der Waals surface area contributed by atoms with Gasteiger partial charge in [-0.1, -0.05) is 52.7 Å². The SMILES string of the molecule is Cc1ccc(-c2noc(CNC(=O)[C@@H](C)Oc3cccc(Cl)c3)n2)cc1. The van der Waals surface area contributed by atoms with Crippen molar-refractivity contribution in [3.05, 3.63) is 65.0 Å². The molecule has 3 rings (SSSR count). The van der Waals surface area contributed by atoms with Crippen LogP contribution in [0.25, 0.3) is 11.4 Å². The van der Waals surface area contributed by atoms with Crippen LogP contribution in [0.1, 0.15) is 18.4 Å². The molecule has 2 aromatic carbocycles. The van der Waals surface area contributed by atoms with Gasteiger partial charge in [-0.05, 0) is 32.0 Å². The molecule has 26 heavy (non-hydrogen) atoms. The molecule has 1 amide bonds. The van der Waals surface area contributed by atoms with Crippen LogP contribution in [0.4, 0.5) is 0 Å². The zero-order valence-electron chi connectivity index (χ0n) is 14.4. The maximum absolute atomic E-state index is 12.2. The van der Waals surface area contributed by atoms with Crippen molar-refractivity contribution < 1.29 is 14.1 Å². The van der Waals surface area contributed by atoms with E-state index in [0.717, 1.165) is 11.1 Å². The number of carbonyl (C=O) groups is 1. The molecule has 134 valence electrons. The molecule has 1 N–H and O–H groups in total. The van der Waals surface area contributed by atoms with Crippen LogP contribution < -0.4 is 10.1 Å². The van der Waals surface area contributed by atoms with E-state index in [1.807, 2.05) is 31.2 Å². The van der Waals surface area contributed by atoms with Gasteiger partial charge in [0.2, 0.25) is 11.7 Å². The lowest BCUT2D eigenvalue weighted by Gasteiger charge is -2.14. The maximum Gasteiger partial charge on any atom is 0.261 e. The molecule has 0 aliphatic heterocycles. The lowest BCUT2D eigenvalue weighted by molar-refractivity contribution is -0.127. The van der Waals surface area contributed by atoms with Crippen LogP contribution >= 0.6 is 11.6 Å². The van der Waals surface area contributed by atoms with Crippen molar-refractivity contribution in [2.45, 2.75) is 26.5 Å². The first kappa shape index (κ1) is 17.9. The number of rotatable bonds is 6. The van der Waals surface area contributed by atoms with E-state index in [4.69, 9.17) is 20.9 Å². The van der Waals surface area contributed by atoms with E-state index in [9.17, 15) is 4.79 Å². The van der Waals surface area contributed by atoms with Crippen LogP contribution in [0.2, 0.25) is 5.02 Å². The Balaban J connectivity index is 1.55. The van der Waals surface area contributed by atoms with E-state index in [2.05, 4.69) is 15.5 Å². The fourth-order valence-corrected chi connectivity index (χ4v) is 2.43. The average molecular weight is 372 g/mol. The van der Waals surface area contributed by atoms with Crippen molar-refractivity contribution in [2.75, 3.05) is 0 Å². The lowest BCUT2D eigenvalue weighted by Crippen LogP contribution is -2.35. The second-order valence-electron chi connectivity index (χ2n) is 5.81. The molecule has 1 heterocycles. The quantitative estimate of drug-likeness (QED) is 0.713. The summed E-state index contributed by atoms with van der Waals surface area (Å²) in [5.74, 6) is 1.04. The van der Waals surface area contributed by atoms with Crippen molar-refractivity contribution in [3.8, 4) is 17.1 Å². The van der Waals surface area contributed by atoms with E-state index in [0.29, 0.717) is 22.5 Å². The number of aryl methyl sites for hydroxylation is 1. The molecular weight excluding hydrogens is 354 g/mol. The van der Waals surface area contributed by atoms with Gasteiger partial charge in [-0.3, -0.25) is 4.79 Å². The van der Waals surface area contributed by atoms with E-state index >= 15 is 0 Å². The number of halogens is 1. The van der Waals surface area contributed by atoms with E-state index in [-0.39, 0.29) is 12.5 Å². The van der Waals surface area contributed by atoms with E-state index in [1.54, 1.807) is 31.2 Å². The highest BCUT2D eigenvalue weighted by Gasteiger charge is 2.16. The van der Waals surface area contributed by atoms with Gasteiger partial charge in [0.25, 0.3) is 5.91 Å². The predicted octanol–water partition coefficient (Wildman–Crippen LogP) is 3.78. The summed E-state index contributed by atoms with van der Waals surface area (Å²) >= 11 is 5.90. The number of nitrogens with zero attached hydrogens (tertiary/aromatic N) is 2. The standard InChI is InChI=1S/C19H18ClN3O3/c1-12-6-8-14(9-7-12)18-22-17(26-23-18)11-21-19(24)13(2)25-16-5-3-4-15(20)10-16/h3-10,13H,11H2,1-2H3,(H,21,24)/t13-/m1/s1. The van der Waals surface area contributed by atoms with Crippen molar-refractivity contribution in [1.29, 1.82) is 0 Å². The van der Waals surface area contributed by atoms with Gasteiger partial charge in [-0.2, -0.15) is 4.98 Å². The van der Waals surface area contributed by atoms with Gasteiger partial charge in [0.05, 0.1) is 6.54 Å². The summed E-state index contributed by atoms with van der Waals surface area (Å²) in [6.07, 6.45) is -0.687. The van der Waals surface area contributed by atoms with Gasteiger partial charge < -0.3 is 14.6 Å². The van der Waals surface area contributed by atoms with Crippen LogP contribution in [0.5, 0.6) is 5.75 Å². The van der Waals surface area contributed by atoms with E-state index in [1.165, 1.54) is 0 Å². The molecule has 7 heteroatoms. The Morgan fingerprint density at radius 2 is 2.04 bits per heavy atom. The predicted molar refractivity (Wildman–Crippen MR) is 97.9 cm³/mol. The molecule has 0 bridgehead atoms. The Labute approximate surface area is 156 Å². The van der Waals surface area contributed by atoms with Gasteiger partial charge in [-0.15, -0.1) is 0 Å². The number of hydrogen-bond acceptors (Lipinski definition) is 5. The van der Waals surface area contributed by atoms with Crippen LogP contribution in [0, 0.1) is 6.92 Å². The molecule has 0 spiro atoms. The Kier molecular flexibility index (Phi) is 5.53. The minimum absolute atomic E-state index is 0.126. The highest BCUT2D eigenvalue weighted by Crippen LogP contribution is 2.19. The molecule has 1 aromatic heterocycles. The van der Waals surface area contributed by atoms with Crippen molar-refractivity contribution >= 4 is 17.5 Å². The highest BCUT2D eigenvalue weighted by molar-refractivity contribution is 6.30. The molecule has 1 atom stereocenters. The molecule has 3 aromatic rings. The molecule has 0 fully saturated rings. The molecular formula is C19H18ClN3O3. The molecule has 6 nitrogen and oxygen atoms in total. The largest absolute Gasteiger partial charge is 0.481 e. The van der Waals surface area contributed by atoms with Gasteiger partial charge in [-0.25, -0.2) is 0 Å². The molecule has 0 saturated heterocycles. The Morgan fingerprint density at radius 1 is 1.27 bits per heavy atom. The number of ether oxygens (including phenoxy) is 1. The topological polar surface area (TPSA) is 77.2 Å². The zero-order valence-corrected chi connectivity index (χ0v) is 15.2. The highest BCUT2D eigenvalue weighted by atomic mass is 35.5. The first-order valence-electron chi connectivity index (χ1n) is 8.11. The first-order valence-corrected chi connectivity index (χ1v) is 8.48. The number of amides is 1. The third-order valence-electron chi connectivity index (χ3n) is 3.67. The number of hydrogen-bond donors (Lipinski definition) is 1. The number of benzene rings is 2. The van der Waals surface area contributed by atoms with Gasteiger partial charge in [0.1, 0.15) is 5.75 Å². The van der Waals surface area contributed by atoms with Crippen molar-refractivity contribution in [3.63, 3.8) is 0 Å². The second-order valence-corrected chi connectivity index (χ2v) is 6.25. The van der Waals surface area contributed by atoms with Gasteiger partial charge in [0, 0.05) is 10.6 Å². The molecule has 0 saturated carbocycles. The van der Waals surface area contributed by atoms with Crippen LogP contribution in [-0.2, 0) is 11.3 Å². The number of nitrogens with one attached hydrogen (secondary N) is 1. The monoisotopic (exact) mass is 371 g/mol. The first-order chi connectivity index (χ1) is 12.5. The Morgan fingerprint density at radius 3 is 2.77 bits per heavy atom.